The predicted molar refractivity (Wildman–Crippen MR) is 117 cm³/mol. The van der Waals surface area contributed by atoms with Crippen LogP contribution in [0.15, 0.2) is 48.5 Å². The lowest BCUT2D eigenvalue weighted by Crippen LogP contribution is -2.48. The van der Waals surface area contributed by atoms with Crippen molar-refractivity contribution in [1.29, 1.82) is 0 Å². The summed E-state index contributed by atoms with van der Waals surface area (Å²) in [6.45, 7) is 4.40. The Morgan fingerprint density at radius 3 is 2.59 bits per heavy atom. The first-order valence-corrected chi connectivity index (χ1v) is 9.83. The van der Waals surface area contributed by atoms with Crippen LogP contribution in [0.1, 0.15) is 31.7 Å². The molecule has 0 aromatic heterocycles. The van der Waals surface area contributed by atoms with E-state index in [1.54, 1.807) is 18.2 Å². The predicted octanol–water partition coefficient (Wildman–Crippen LogP) is 2.94. The summed E-state index contributed by atoms with van der Waals surface area (Å²) in [4.78, 5) is 26.2. The van der Waals surface area contributed by atoms with E-state index in [0.29, 0.717) is 17.4 Å². The second-order valence-corrected chi connectivity index (χ2v) is 7.36. The second-order valence-electron chi connectivity index (χ2n) is 6.95. The highest BCUT2D eigenvalue weighted by atomic mass is 32.1. The highest BCUT2D eigenvalue weighted by Gasteiger charge is 2.25. The summed E-state index contributed by atoms with van der Waals surface area (Å²) in [5.41, 5.74) is 7.81. The number of amides is 2. The van der Waals surface area contributed by atoms with E-state index in [4.69, 9.17) is 17.0 Å². The van der Waals surface area contributed by atoms with Gasteiger partial charge in [-0.25, -0.2) is 0 Å². The Morgan fingerprint density at radius 1 is 1.14 bits per heavy atom. The summed E-state index contributed by atoms with van der Waals surface area (Å²) in [5.74, 6) is 0.470. The number of hydrogen-bond donors (Lipinski definition) is 3. The largest absolute Gasteiger partial charge is 0.491 e. The maximum atomic E-state index is 12.4. The number of nitrogens with zero attached hydrogens (tertiary/aromatic N) is 1. The molecule has 0 atom stereocenters. The fourth-order valence-electron chi connectivity index (χ4n) is 2.92. The van der Waals surface area contributed by atoms with Crippen LogP contribution < -0.4 is 25.8 Å². The zero-order valence-corrected chi connectivity index (χ0v) is 17.2. The molecule has 0 saturated heterocycles. The van der Waals surface area contributed by atoms with Gasteiger partial charge in [0, 0.05) is 5.69 Å². The molecule has 1 aliphatic heterocycles. The molecule has 3 N–H and O–H groups in total. The number of fused-ring (bicyclic) bond motifs is 1. The van der Waals surface area contributed by atoms with Gasteiger partial charge in [0.2, 0.25) is 5.91 Å². The Kier molecular flexibility index (Phi) is 6.66. The molecule has 0 fully saturated rings. The first-order chi connectivity index (χ1) is 13.9. The smallest absolute Gasteiger partial charge is 0.258 e. The second kappa shape index (κ2) is 9.38. The zero-order chi connectivity index (χ0) is 20.8. The number of nitrogens with one attached hydrogen (secondary N) is 3. The van der Waals surface area contributed by atoms with Gasteiger partial charge < -0.3 is 10.1 Å². The lowest BCUT2D eigenvalue weighted by atomic mass is 10.0. The quantitative estimate of drug-likeness (QED) is 0.529. The summed E-state index contributed by atoms with van der Waals surface area (Å²) in [7, 11) is 0. The summed E-state index contributed by atoms with van der Waals surface area (Å²) >= 11 is 5.21. The minimum Gasteiger partial charge on any atom is -0.491 e. The minimum atomic E-state index is -0.394. The van der Waals surface area contributed by atoms with Gasteiger partial charge >= 0.3 is 0 Å². The van der Waals surface area contributed by atoms with E-state index in [1.165, 1.54) is 10.5 Å². The fraction of sp³-hybridized carbons (Fsp3) is 0.286. The number of rotatable bonds is 4. The van der Waals surface area contributed by atoms with E-state index in [9.17, 15) is 9.59 Å². The third-order valence-electron chi connectivity index (χ3n) is 4.48. The molecule has 0 radical (unpaired) electrons. The number of hydrazine groups is 1. The van der Waals surface area contributed by atoms with Gasteiger partial charge in [-0.15, -0.1) is 0 Å². The van der Waals surface area contributed by atoms with E-state index >= 15 is 0 Å². The van der Waals surface area contributed by atoms with Crippen LogP contribution in [-0.4, -0.2) is 30.1 Å². The Hall–Kier alpha value is -3.13. The van der Waals surface area contributed by atoms with Gasteiger partial charge in [0.1, 0.15) is 12.3 Å². The van der Waals surface area contributed by atoms with Crippen molar-refractivity contribution in [3.8, 4) is 5.75 Å². The SMILES string of the molecule is CC(C)c1ccc(NC(=S)NNC(=O)CN2C(=O)CCOc3ccccc32)cc1. The molecule has 2 aromatic carbocycles. The minimum absolute atomic E-state index is 0.141. The summed E-state index contributed by atoms with van der Waals surface area (Å²) < 4.78 is 5.58. The lowest BCUT2D eigenvalue weighted by Gasteiger charge is -2.21. The maximum Gasteiger partial charge on any atom is 0.258 e. The molecule has 0 bridgehead atoms. The molecule has 7 nitrogen and oxygen atoms in total. The van der Waals surface area contributed by atoms with Crippen LogP contribution >= 0.6 is 12.2 Å². The maximum absolute atomic E-state index is 12.4. The molecular weight excluding hydrogens is 388 g/mol. The molecule has 1 heterocycles. The Balaban J connectivity index is 1.54. The van der Waals surface area contributed by atoms with Gasteiger partial charge in [0.25, 0.3) is 5.91 Å². The van der Waals surface area contributed by atoms with Crippen LogP contribution in [-0.2, 0) is 9.59 Å². The molecule has 1 aliphatic rings. The van der Waals surface area contributed by atoms with Crippen LogP contribution in [0.2, 0.25) is 0 Å². The van der Waals surface area contributed by atoms with Crippen LogP contribution in [0.3, 0.4) is 0 Å². The molecule has 2 aromatic rings. The number of carbonyl (C=O) groups excluding carboxylic acids is 2. The standard InChI is InChI=1S/C21H24N4O3S/c1-14(2)15-7-9-16(10-8-15)22-21(29)24-23-19(26)13-25-17-5-3-4-6-18(17)28-12-11-20(25)27/h3-10,14H,11-13H2,1-2H3,(H,23,26)(H2,22,24,29). The molecule has 0 spiro atoms. The molecule has 0 saturated carbocycles. The third kappa shape index (κ3) is 5.45. The highest BCUT2D eigenvalue weighted by molar-refractivity contribution is 7.80. The molecule has 0 unspecified atom stereocenters. The van der Waals surface area contributed by atoms with E-state index < -0.39 is 5.91 Å². The summed E-state index contributed by atoms with van der Waals surface area (Å²) in [5, 5.41) is 3.26. The first kappa shape index (κ1) is 20.6. The topological polar surface area (TPSA) is 82.7 Å². The number of hydrogen-bond acceptors (Lipinski definition) is 4. The monoisotopic (exact) mass is 412 g/mol. The Morgan fingerprint density at radius 2 is 1.86 bits per heavy atom. The summed E-state index contributed by atoms with van der Waals surface area (Å²) in [6.07, 6.45) is 0.210. The van der Waals surface area contributed by atoms with Crippen molar-refractivity contribution < 1.29 is 14.3 Å². The van der Waals surface area contributed by atoms with E-state index in [2.05, 4.69) is 30.0 Å². The van der Waals surface area contributed by atoms with E-state index in [0.717, 1.165) is 5.69 Å². The van der Waals surface area contributed by atoms with E-state index in [-0.39, 0.29) is 30.6 Å². The Labute approximate surface area is 175 Å². The number of para-hydroxylation sites is 2. The molecule has 8 heteroatoms. The van der Waals surface area contributed by atoms with Crippen LogP contribution in [0, 0.1) is 0 Å². The lowest BCUT2D eigenvalue weighted by molar-refractivity contribution is -0.124. The number of anilines is 2. The van der Waals surface area contributed by atoms with Crippen molar-refractivity contribution in [2.45, 2.75) is 26.2 Å². The molecule has 152 valence electrons. The van der Waals surface area contributed by atoms with Gasteiger partial charge in [-0.2, -0.15) is 0 Å². The molecular formula is C21H24N4O3S. The number of ether oxygens (including phenoxy) is 1. The van der Waals surface area contributed by atoms with Crippen molar-refractivity contribution in [2.24, 2.45) is 0 Å². The first-order valence-electron chi connectivity index (χ1n) is 9.42. The molecule has 29 heavy (non-hydrogen) atoms. The molecule has 3 rings (SSSR count). The Bertz CT molecular complexity index is 899. The normalized spacial score (nSPS) is 13.2. The van der Waals surface area contributed by atoms with Crippen LogP contribution in [0.5, 0.6) is 5.75 Å². The van der Waals surface area contributed by atoms with Crippen molar-refractivity contribution >= 4 is 40.5 Å². The average molecular weight is 413 g/mol. The van der Waals surface area contributed by atoms with Crippen molar-refractivity contribution in [3.05, 3.63) is 54.1 Å². The van der Waals surface area contributed by atoms with Crippen LogP contribution in [0.25, 0.3) is 0 Å². The zero-order valence-electron chi connectivity index (χ0n) is 16.4. The average Bonchev–Trinajstić information content (AvgIpc) is 2.86. The number of thiocarbonyl (C=S) groups is 1. The van der Waals surface area contributed by atoms with Gasteiger partial charge in [0.05, 0.1) is 18.7 Å². The van der Waals surface area contributed by atoms with Crippen LogP contribution in [0.4, 0.5) is 11.4 Å². The van der Waals surface area contributed by atoms with Gasteiger partial charge in [-0.1, -0.05) is 38.1 Å². The van der Waals surface area contributed by atoms with Gasteiger partial charge in [-0.05, 0) is 48.0 Å². The fourth-order valence-corrected chi connectivity index (χ4v) is 3.09. The molecule has 0 aliphatic carbocycles. The van der Waals surface area contributed by atoms with Crippen molar-refractivity contribution in [1.82, 2.24) is 10.9 Å². The number of carbonyl (C=O) groups is 2. The van der Waals surface area contributed by atoms with E-state index in [1.807, 2.05) is 30.3 Å². The van der Waals surface area contributed by atoms with Crippen molar-refractivity contribution in [2.75, 3.05) is 23.4 Å². The molecule has 2 amide bonds. The number of benzene rings is 2. The third-order valence-corrected chi connectivity index (χ3v) is 4.69. The van der Waals surface area contributed by atoms with Crippen molar-refractivity contribution in [3.63, 3.8) is 0 Å². The van der Waals surface area contributed by atoms with Gasteiger partial charge in [0.15, 0.2) is 5.11 Å². The summed E-state index contributed by atoms with van der Waals surface area (Å²) in [6, 6.07) is 15.1. The highest BCUT2D eigenvalue weighted by Crippen LogP contribution is 2.30. The van der Waals surface area contributed by atoms with Gasteiger partial charge in [-0.3, -0.25) is 25.3 Å².